The molecule has 1 unspecified atom stereocenters. The zero-order valence-corrected chi connectivity index (χ0v) is 9.44. The number of nitrogens with zero attached hydrogens (tertiary/aromatic N) is 1. The Hall–Kier alpha value is -0.940. The van der Waals surface area contributed by atoms with E-state index in [2.05, 4.69) is 29.5 Å². The molecule has 0 saturated heterocycles. The van der Waals surface area contributed by atoms with Gasteiger partial charge >= 0.3 is 0 Å². The Morgan fingerprint density at radius 1 is 1.71 bits per heavy atom. The summed E-state index contributed by atoms with van der Waals surface area (Å²) in [6.45, 7) is 6.50. The Morgan fingerprint density at radius 3 is 3.00 bits per heavy atom. The van der Waals surface area contributed by atoms with Crippen molar-refractivity contribution in [3.63, 3.8) is 0 Å². The molecule has 2 N–H and O–H groups in total. The lowest BCUT2D eigenvalue weighted by molar-refractivity contribution is -0.114. The van der Waals surface area contributed by atoms with Crippen LogP contribution < -0.4 is 10.6 Å². The van der Waals surface area contributed by atoms with E-state index in [1.165, 1.54) is 18.3 Å². The Bertz CT molecular complexity index is 311. The summed E-state index contributed by atoms with van der Waals surface area (Å²) in [5.41, 5.74) is 0.973. The lowest BCUT2D eigenvalue weighted by atomic mass is 10.3. The van der Waals surface area contributed by atoms with Gasteiger partial charge in [-0.05, 0) is 13.5 Å². The molecule has 1 amide bonds. The largest absolute Gasteiger partial charge is 0.309 e. The fraction of sp³-hybridized carbons (Fsp3) is 0.556. The number of carbonyl (C=O) groups is 1. The molecule has 0 aromatic carbocycles. The van der Waals surface area contributed by atoms with Crippen LogP contribution in [0.15, 0.2) is 5.38 Å². The fourth-order valence-corrected chi connectivity index (χ4v) is 1.95. The number of nitrogens with one attached hydrogen (secondary N) is 2. The highest BCUT2D eigenvalue weighted by Crippen LogP contribution is 2.20. The van der Waals surface area contributed by atoms with Crippen LogP contribution in [0.5, 0.6) is 0 Å². The van der Waals surface area contributed by atoms with Crippen molar-refractivity contribution in [3.8, 4) is 0 Å². The summed E-state index contributed by atoms with van der Waals surface area (Å²) in [4.78, 5) is 15.1. The summed E-state index contributed by atoms with van der Waals surface area (Å²) < 4.78 is 0. The van der Waals surface area contributed by atoms with Crippen LogP contribution in [-0.2, 0) is 4.79 Å². The molecular formula is C9H15N3OS. The van der Waals surface area contributed by atoms with E-state index in [0.717, 1.165) is 12.2 Å². The zero-order chi connectivity index (χ0) is 10.6. The van der Waals surface area contributed by atoms with E-state index in [0.29, 0.717) is 5.13 Å². The van der Waals surface area contributed by atoms with Gasteiger partial charge in [0.2, 0.25) is 5.91 Å². The molecule has 0 spiro atoms. The first-order valence-corrected chi connectivity index (χ1v) is 5.47. The quantitative estimate of drug-likeness (QED) is 0.801. The van der Waals surface area contributed by atoms with Crippen LogP contribution in [0.25, 0.3) is 0 Å². The maximum atomic E-state index is 10.8. The Kier molecular flexibility index (Phi) is 4.03. The minimum Gasteiger partial charge on any atom is -0.309 e. The predicted octanol–water partition coefficient (Wildman–Crippen LogP) is 1.77. The van der Waals surface area contributed by atoms with Crippen molar-refractivity contribution in [3.05, 3.63) is 11.1 Å². The van der Waals surface area contributed by atoms with E-state index in [-0.39, 0.29) is 11.9 Å². The van der Waals surface area contributed by atoms with Crippen LogP contribution in [-0.4, -0.2) is 17.4 Å². The second kappa shape index (κ2) is 5.07. The SMILES string of the molecule is CCNC(C)c1csc(NC(C)=O)n1. The molecule has 1 heterocycles. The first-order valence-electron chi connectivity index (χ1n) is 4.60. The number of anilines is 1. The molecule has 0 saturated carbocycles. The normalized spacial score (nSPS) is 12.5. The lowest BCUT2D eigenvalue weighted by Crippen LogP contribution is -2.18. The van der Waals surface area contributed by atoms with Gasteiger partial charge in [0, 0.05) is 18.3 Å². The first-order chi connectivity index (χ1) is 6.63. The van der Waals surface area contributed by atoms with Crippen LogP contribution >= 0.6 is 11.3 Å². The molecule has 1 aromatic rings. The van der Waals surface area contributed by atoms with Crippen molar-refractivity contribution in [2.24, 2.45) is 0 Å². The van der Waals surface area contributed by atoms with Crippen molar-refractivity contribution in [1.29, 1.82) is 0 Å². The highest BCUT2D eigenvalue weighted by atomic mass is 32.1. The van der Waals surface area contributed by atoms with E-state index in [1.54, 1.807) is 0 Å². The third-order valence-electron chi connectivity index (χ3n) is 1.76. The summed E-state index contributed by atoms with van der Waals surface area (Å²) in [5.74, 6) is -0.0815. The van der Waals surface area contributed by atoms with Crippen molar-refractivity contribution >= 4 is 22.4 Å². The minimum absolute atomic E-state index is 0.0815. The lowest BCUT2D eigenvalue weighted by Gasteiger charge is -2.07. The van der Waals surface area contributed by atoms with Gasteiger partial charge in [-0.2, -0.15) is 0 Å². The van der Waals surface area contributed by atoms with Gasteiger partial charge in [-0.3, -0.25) is 4.79 Å². The van der Waals surface area contributed by atoms with E-state index < -0.39 is 0 Å². The number of thiazole rings is 1. The molecule has 78 valence electrons. The topological polar surface area (TPSA) is 54.0 Å². The van der Waals surface area contributed by atoms with Crippen molar-refractivity contribution in [2.75, 3.05) is 11.9 Å². The second-order valence-electron chi connectivity index (χ2n) is 3.04. The number of hydrogen-bond acceptors (Lipinski definition) is 4. The van der Waals surface area contributed by atoms with Crippen LogP contribution in [0.4, 0.5) is 5.13 Å². The molecule has 0 aliphatic carbocycles. The van der Waals surface area contributed by atoms with Crippen LogP contribution in [0.1, 0.15) is 32.5 Å². The molecule has 1 atom stereocenters. The van der Waals surface area contributed by atoms with Crippen LogP contribution in [0.2, 0.25) is 0 Å². The van der Waals surface area contributed by atoms with Gasteiger partial charge in [0.25, 0.3) is 0 Å². The van der Waals surface area contributed by atoms with Gasteiger partial charge in [-0.1, -0.05) is 6.92 Å². The molecule has 14 heavy (non-hydrogen) atoms. The van der Waals surface area contributed by atoms with E-state index in [4.69, 9.17) is 0 Å². The van der Waals surface area contributed by atoms with E-state index in [1.807, 2.05) is 5.38 Å². The smallest absolute Gasteiger partial charge is 0.223 e. The average molecular weight is 213 g/mol. The summed E-state index contributed by atoms with van der Waals surface area (Å²) in [6, 6.07) is 0.235. The molecule has 1 rings (SSSR count). The van der Waals surface area contributed by atoms with E-state index in [9.17, 15) is 4.79 Å². The van der Waals surface area contributed by atoms with Gasteiger partial charge in [0.1, 0.15) is 0 Å². The monoisotopic (exact) mass is 213 g/mol. The molecule has 5 heteroatoms. The minimum atomic E-state index is -0.0815. The molecule has 0 aliphatic rings. The van der Waals surface area contributed by atoms with Gasteiger partial charge in [-0.15, -0.1) is 11.3 Å². The second-order valence-corrected chi connectivity index (χ2v) is 3.90. The maximum absolute atomic E-state index is 10.8. The molecule has 1 aromatic heterocycles. The molecular weight excluding hydrogens is 198 g/mol. The number of amides is 1. The fourth-order valence-electron chi connectivity index (χ4n) is 1.10. The molecule has 0 aliphatic heterocycles. The van der Waals surface area contributed by atoms with Gasteiger partial charge in [0.05, 0.1) is 5.69 Å². The number of carbonyl (C=O) groups excluding carboxylic acids is 1. The Morgan fingerprint density at radius 2 is 2.43 bits per heavy atom. The number of aromatic nitrogens is 1. The summed E-state index contributed by atoms with van der Waals surface area (Å²) >= 11 is 1.45. The zero-order valence-electron chi connectivity index (χ0n) is 8.63. The Balaban J connectivity index is 2.62. The number of hydrogen-bond donors (Lipinski definition) is 2. The van der Waals surface area contributed by atoms with E-state index >= 15 is 0 Å². The summed E-state index contributed by atoms with van der Waals surface area (Å²) in [7, 11) is 0. The molecule has 0 bridgehead atoms. The highest BCUT2D eigenvalue weighted by Gasteiger charge is 2.08. The predicted molar refractivity (Wildman–Crippen MR) is 58.5 cm³/mol. The van der Waals surface area contributed by atoms with Crippen molar-refractivity contribution in [2.45, 2.75) is 26.8 Å². The average Bonchev–Trinajstić information content (AvgIpc) is 2.52. The maximum Gasteiger partial charge on any atom is 0.223 e. The van der Waals surface area contributed by atoms with Crippen LogP contribution in [0.3, 0.4) is 0 Å². The van der Waals surface area contributed by atoms with Gasteiger partial charge < -0.3 is 10.6 Å². The number of rotatable bonds is 4. The summed E-state index contributed by atoms with van der Waals surface area (Å²) in [5, 5.41) is 8.54. The molecule has 4 nitrogen and oxygen atoms in total. The molecule has 0 radical (unpaired) electrons. The third-order valence-corrected chi connectivity index (χ3v) is 2.53. The molecule has 0 fully saturated rings. The van der Waals surface area contributed by atoms with Gasteiger partial charge in [0.15, 0.2) is 5.13 Å². The standard InChI is InChI=1S/C9H15N3OS/c1-4-10-6(2)8-5-14-9(12-8)11-7(3)13/h5-6,10H,4H2,1-3H3,(H,11,12,13). The summed E-state index contributed by atoms with van der Waals surface area (Å²) in [6.07, 6.45) is 0. The van der Waals surface area contributed by atoms with Crippen molar-refractivity contribution in [1.82, 2.24) is 10.3 Å². The van der Waals surface area contributed by atoms with Crippen molar-refractivity contribution < 1.29 is 4.79 Å². The Labute approximate surface area is 87.7 Å². The third kappa shape index (κ3) is 3.08. The highest BCUT2D eigenvalue weighted by molar-refractivity contribution is 7.13. The van der Waals surface area contributed by atoms with Gasteiger partial charge in [-0.25, -0.2) is 4.98 Å². The first kappa shape index (κ1) is 11.1. The van der Waals surface area contributed by atoms with Crippen LogP contribution in [0, 0.1) is 0 Å².